The molecule has 4 rings (SSSR count). The molecular formula is C24H28N3O5+. The number of likely N-dealkylation sites (N-methyl/N-ethyl adjacent to an activating group) is 1. The Morgan fingerprint density at radius 1 is 1.12 bits per heavy atom. The van der Waals surface area contributed by atoms with E-state index in [0.717, 1.165) is 53.5 Å². The lowest BCUT2D eigenvalue weighted by Crippen LogP contribution is -3.08. The quantitative estimate of drug-likeness (QED) is 0.541. The van der Waals surface area contributed by atoms with E-state index in [-0.39, 0.29) is 12.5 Å². The molecule has 0 aliphatic carbocycles. The van der Waals surface area contributed by atoms with E-state index < -0.39 is 5.63 Å². The summed E-state index contributed by atoms with van der Waals surface area (Å²) in [5, 5.41) is 3.79. The Hall–Kier alpha value is -3.36. The molecule has 32 heavy (non-hydrogen) atoms. The predicted octanol–water partition coefficient (Wildman–Crippen LogP) is 1.29. The fraction of sp³-hybridized carbons (Fsp3) is 0.333. The van der Waals surface area contributed by atoms with Gasteiger partial charge in [0.25, 0.3) is 5.91 Å². The number of fused-ring (bicyclic) bond motifs is 1. The zero-order valence-electron chi connectivity index (χ0n) is 18.3. The minimum atomic E-state index is -0.418. The Morgan fingerprint density at radius 2 is 1.88 bits per heavy atom. The first kappa shape index (κ1) is 21.9. The molecule has 2 aromatic carbocycles. The second-order valence-electron chi connectivity index (χ2n) is 7.96. The highest BCUT2D eigenvalue weighted by atomic mass is 16.5. The zero-order chi connectivity index (χ0) is 22.5. The summed E-state index contributed by atoms with van der Waals surface area (Å²) in [6.45, 7) is 4.00. The number of carbonyl (C=O) groups is 1. The number of carbonyl (C=O) groups excluding carboxylic acids is 1. The van der Waals surface area contributed by atoms with Crippen LogP contribution in [0.15, 0.2) is 57.7 Å². The smallest absolute Gasteiger partial charge is 0.336 e. The van der Waals surface area contributed by atoms with Crippen molar-refractivity contribution in [1.82, 2.24) is 0 Å². The fourth-order valence-electron chi connectivity index (χ4n) is 3.93. The number of methoxy groups -OCH3 is 1. The number of benzene rings is 2. The van der Waals surface area contributed by atoms with Crippen LogP contribution in [0.1, 0.15) is 5.56 Å². The third kappa shape index (κ3) is 5.27. The Kier molecular flexibility index (Phi) is 6.72. The molecule has 8 nitrogen and oxygen atoms in total. The van der Waals surface area contributed by atoms with Gasteiger partial charge < -0.3 is 29.0 Å². The van der Waals surface area contributed by atoms with Gasteiger partial charge in [0, 0.05) is 47.5 Å². The number of quaternary nitrogens is 1. The van der Waals surface area contributed by atoms with Crippen LogP contribution in [0.2, 0.25) is 0 Å². The van der Waals surface area contributed by atoms with Crippen molar-refractivity contribution < 1.29 is 23.6 Å². The van der Waals surface area contributed by atoms with Gasteiger partial charge in [-0.05, 0) is 36.4 Å². The lowest BCUT2D eigenvalue weighted by molar-refractivity contribution is -0.885. The van der Waals surface area contributed by atoms with Gasteiger partial charge in [-0.3, -0.25) is 4.79 Å². The van der Waals surface area contributed by atoms with Crippen LogP contribution in [0, 0.1) is 0 Å². The molecule has 1 fully saturated rings. The summed E-state index contributed by atoms with van der Waals surface area (Å²) in [5.74, 6) is 0.535. The van der Waals surface area contributed by atoms with Crippen molar-refractivity contribution in [2.45, 2.75) is 6.54 Å². The maximum absolute atomic E-state index is 12.6. The number of hydrogen-bond acceptors (Lipinski definition) is 6. The van der Waals surface area contributed by atoms with Crippen molar-refractivity contribution in [2.75, 3.05) is 57.2 Å². The predicted molar refractivity (Wildman–Crippen MR) is 123 cm³/mol. The second-order valence-corrected chi connectivity index (χ2v) is 7.96. The van der Waals surface area contributed by atoms with Gasteiger partial charge in [0.1, 0.15) is 17.9 Å². The Bertz CT molecular complexity index is 1140. The minimum Gasteiger partial charge on any atom is -0.497 e. The molecule has 1 aliphatic heterocycles. The number of nitrogens with one attached hydrogen (secondary N) is 2. The first-order chi connectivity index (χ1) is 15.5. The molecule has 1 aliphatic rings. The highest BCUT2D eigenvalue weighted by molar-refractivity contribution is 5.91. The molecule has 1 saturated heterocycles. The molecule has 3 aromatic rings. The highest BCUT2D eigenvalue weighted by Gasteiger charge is 2.15. The van der Waals surface area contributed by atoms with E-state index in [1.54, 1.807) is 13.2 Å². The number of nitrogens with zero attached hydrogens (tertiary/aromatic N) is 1. The molecule has 0 saturated carbocycles. The van der Waals surface area contributed by atoms with Crippen molar-refractivity contribution >= 4 is 28.3 Å². The maximum Gasteiger partial charge on any atom is 0.336 e. The highest BCUT2D eigenvalue weighted by Crippen LogP contribution is 2.22. The number of ether oxygens (including phenoxy) is 2. The van der Waals surface area contributed by atoms with Crippen LogP contribution in [0.5, 0.6) is 5.75 Å². The maximum atomic E-state index is 12.6. The summed E-state index contributed by atoms with van der Waals surface area (Å²) in [6, 6.07) is 14.7. The third-order valence-corrected chi connectivity index (χ3v) is 5.52. The first-order valence-corrected chi connectivity index (χ1v) is 10.7. The fourth-order valence-corrected chi connectivity index (χ4v) is 3.93. The summed E-state index contributed by atoms with van der Waals surface area (Å²) < 4.78 is 15.9. The van der Waals surface area contributed by atoms with E-state index >= 15 is 0 Å². The van der Waals surface area contributed by atoms with E-state index in [1.165, 1.54) is 6.07 Å². The minimum absolute atomic E-state index is 0.0874. The molecule has 8 heteroatoms. The molecule has 1 unspecified atom stereocenters. The number of anilines is 2. The summed E-state index contributed by atoms with van der Waals surface area (Å²) in [6.07, 6.45) is 0. The Morgan fingerprint density at radius 3 is 2.59 bits per heavy atom. The van der Waals surface area contributed by atoms with Gasteiger partial charge in [-0.2, -0.15) is 0 Å². The molecule has 0 radical (unpaired) electrons. The van der Waals surface area contributed by atoms with Crippen LogP contribution < -0.4 is 25.5 Å². The number of morpholine rings is 1. The topological polar surface area (TPSA) is 85.5 Å². The molecule has 2 N–H and O–H groups in total. The summed E-state index contributed by atoms with van der Waals surface area (Å²) in [5.41, 5.74) is 2.78. The van der Waals surface area contributed by atoms with Crippen molar-refractivity contribution in [3.05, 3.63) is 64.5 Å². The normalized spacial score (nSPS) is 14.9. The standard InChI is InChI=1S/C24H27N3O5/c1-26(15-17-13-24(29)32-22-14-20(30-2)7-8-21(17)22)16-23(28)25-18-3-5-19(6-4-18)27-9-11-31-12-10-27/h3-8,13-14H,9-12,15-16H2,1-2H3,(H,25,28)/p+1. The van der Waals surface area contributed by atoms with Crippen LogP contribution in [-0.2, 0) is 16.1 Å². The van der Waals surface area contributed by atoms with Crippen LogP contribution in [0.3, 0.4) is 0 Å². The van der Waals surface area contributed by atoms with E-state index in [9.17, 15) is 9.59 Å². The molecule has 1 atom stereocenters. The second kappa shape index (κ2) is 9.84. The summed E-state index contributed by atoms with van der Waals surface area (Å²) >= 11 is 0. The summed E-state index contributed by atoms with van der Waals surface area (Å²) in [7, 11) is 3.49. The zero-order valence-corrected chi connectivity index (χ0v) is 18.3. The van der Waals surface area contributed by atoms with Gasteiger partial charge in [0.15, 0.2) is 6.54 Å². The monoisotopic (exact) mass is 438 g/mol. The molecule has 168 valence electrons. The van der Waals surface area contributed by atoms with Crippen molar-refractivity contribution in [3.63, 3.8) is 0 Å². The molecular weight excluding hydrogens is 410 g/mol. The van der Waals surface area contributed by atoms with Crippen molar-refractivity contribution in [2.24, 2.45) is 0 Å². The van der Waals surface area contributed by atoms with E-state index in [4.69, 9.17) is 13.9 Å². The van der Waals surface area contributed by atoms with Crippen LogP contribution in [-0.4, -0.2) is 52.9 Å². The lowest BCUT2D eigenvalue weighted by atomic mass is 10.1. The lowest BCUT2D eigenvalue weighted by Gasteiger charge is -2.28. The molecule has 0 bridgehead atoms. The summed E-state index contributed by atoms with van der Waals surface area (Å²) in [4.78, 5) is 27.8. The van der Waals surface area contributed by atoms with Gasteiger partial charge in [-0.25, -0.2) is 4.79 Å². The third-order valence-electron chi connectivity index (χ3n) is 5.52. The van der Waals surface area contributed by atoms with Gasteiger partial charge in [0.2, 0.25) is 0 Å². The van der Waals surface area contributed by atoms with E-state index in [1.807, 2.05) is 43.4 Å². The first-order valence-electron chi connectivity index (χ1n) is 10.7. The van der Waals surface area contributed by atoms with Gasteiger partial charge in [-0.1, -0.05) is 0 Å². The average molecular weight is 439 g/mol. The van der Waals surface area contributed by atoms with Gasteiger partial charge in [-0.15, -0.1) is 0 Å². The van der Waals surface area contributed by atoms with E-state index in [2.05, 4.69) is 10.2 Å². The van der Waals surface area contributed by atoms with Crippen molar-refractivity contribution in [3.8, 4) is 5.75 Å². The van der Waals surface area contributed by atoms with Gasteiger partial charge >= 0.3 is 5.63 Å². The average Bonchev–Trinajstić information content (AvgIpc) is 2.79. The number of rotatable bonds is 7. The van der Waals surface area contributed by atoms with Crippen molar-refractivity contribution in [1.29, 1.82) is 0 Å². The van der Waals surface area contributed by atoms with Crippen LogP contribution in [0.4, 0.5) is 11.4 Å². The Balaban J connectivity index is 1.37. The molecule has 2 heterocycles. The SMILES string of the molecule is COc1ccc2c(C[NH+](C)CC(=O)Nc3ccc(N4CCOCC4)cc3)cc(=O)oc2c1. The number of hydrogen-bond donors (Lipinski definition) is 2. The van der Waals surface area contributed by atoms with Crippen LogP contribution >= 0.6 is 0 Å². The van der Waals surface area contributed by atoms with Gasteiger partial charge in [0.05, 0.1) is 27.4 Å². The molecule has 1 aromatic heterocycles. The molecule has 1 amide bonds. The Labute approximate surface area is 186 Å². The van der Waals surface area contributed by atoms with Crippen LogP contribution in [0.25, 0.3) is 11.0 Å². The van der Waals surface area contributed by atoms with E-state index in [0.29, 0.717) is 17.9 Å². The molecule has 0 spiro atoms. The largest absolute Gasteiger partial charge is 0.497 e. The number of amides is 1.